The molecular formula is C16H20FN5O2. The van der Waals surface area contributed by atoms with Crippen LogP contribution < -0.4 is 16.1 Å². The van der Waals surface area contributed by atoms with E-state index < -0.39 is 11.9 Å². The van der Waals surface area contributed by atoms with Gasteiger partial charge in [-0.25, -0.2) is 4.39 Å². The van der Waals surface area contributed by atoms with Crippen LogP contribution in [0.4, 0.5) is 10.1 Å². The highest BCUT2D eigenvalue weighted by Crippen LogP contribution is 2.25. The second kappa shape index (κ2) is 6.56. The normalized spacial score (nSPS) is 24.0. The molecule has 1 fully saturated rings. The van der Waals surface area contributed by atoms with Gasteiger partial charge in [-0.3, -0.25) is 14.6 Å². The summed E-state index contributed by atoms with van der Waals surface area (Å²) in [4.78, 5) is 26.1. The van der Waals surface area contributed by atoms with Crippen LogP contribution in [-0.2, 0) is 9.59 Å². The third kappa shape index (κ3) is 3.23. The monoisotopic (exact) mass is 333 g/mol. The average Bonchev–Trinajstić information content (AvgIpc) is 3.00. The third-order valence-electron chi connectivity index (χ3n) is 4.23. The summed E-state index contributed by atoms with van der Waals surface area (Å²) in [7, 11) is 0. The molecule has 8 heteroatoms. The van der Waals surface area contributed by atoms with E-state index in [0.29, 0.717) is 24.5 Å². The van der Waals surface area contributed by atoms with Gasteiger partial charge in [0.25, 0.3) is 5.91 Å². The summed E-state index contributed by atoms with van der Waals surface area (Å²) in [6.45, 7) is 3.92. The number of primary amides is 1. The van der Waals surface area contributed by atoms with Gasteiger partial charge in [0.1, 0.15) is 17.6 Å². The average molecular weight is 333 g/mol. The number of amides is 2. The summed E-state index contributed by atoms with van der Waals surface area (Å²) in [6.07, 6.45) is 0.157. The maximum Gasteiger partial charge on any atom is 0.270 e. The fraction of sp³-hybridized carbons (Fsp3) is 0.438. The second-order valence-electron chi connectivity index (χ2n) is 6.10. The largest absolute Gasteiger partial charge is 0.368 e. The van der Waals surface area contributed by atoms with Crippen LogP contribution in [0.3, 0.4) is 0 Å². The van der Waals surface area contributed by atoms with Crippen molar-refractivity contribution >= 4 is 23.2 Å². The molecule has 24 heavy (non-hydrogen) atoms. The Hall–Kier alpha value is -2.48. The van der Waals surface area contributed by atoms with Crippen LogP contribution in [0.5, 0.6) is 0 Å². The van der Waals surface area contributed by atoms with Crippen LogP contribution in [0, 0.1) is 5.82 Å². The number of benzene rings is 1. The number of anilines is 1. The number of hydrogen-bond donors (Lipinski definition) is 2. The standard InChI is InChI=1S/C16H20FN5O2/c1-10-9-21(7-6-19-10)16(24)13-8-14(15(18)23)22(20-13)12-4-2-11(17)3-5-12/h2-5,10,14,19H,6-9H2,1H3,(H2,18,23)/t10-,14?/m1/s1. The number of hydrazone groups is 1. The quantitative estimate of drug-likeness (QED) is 0.819. The van der Waals surface area contributed by atoms with E-state index >= 15 is 0 Å². The number of nitrogens with two attached hydrogens (primary N) is 1. The van der Waals surface area contributed by atoms with Gasteiger partial charge in [0, 0.05) is 32.1 Å². The molecule has 2 heterocycles. The molecule has 1 aromatic carbocycles. The predicted molar refractivity (Wildman–Crippen MR) is 88.0 cm³/mol. The zero-order valence-corrected chi connectivity index (χ0v) is 13.4. The van der Waals surface area contributed by atoms with Gasteiger partial charge >= 0.3 is 0 Å². The first-order valence-corrected chi connectivity index (χ1v) is 7.90. The zero-order chi connectivity index (χ0) is 17.3. The lowest BCUT2D eigenvalue weighted by Gasteiger charge is -2.31. The van der Waals surface area contributed by atoms with Gasteiger partial charge in [0.05, 0.1) is 5.69 Å². The van der Waals surface area contributed by atoms with E-state index in [2.05, 4.69) is 10.4 Å². The lowest BCUT2D eigenvalue weighted by molar-refractivity contribution is -0.125. The van der Waals surface area contributed by atoms with Crippen molar-refractivity contribution in [1.29, 1.82) is 0 Å². The Kier molecular flexibility index (Phi) is 4.48. The van der Waals surface area contributed by atoms with Gasteiger partial charge in [-0.2, -0.15) is 5.10 Å². The Morgan fingerprint density at radius 1 is 1.33 bits per heavy atom. The van der Waals surface area contributed by atoms with Crippen LogP contribution in [-0.4, -0.2) is 54.1 Å². The Morgan fingerprint density at radius 2 is 2.04 bits per heavy atom. The summed E-state index contributed by atoms with van der Waals surface area (Å²) < 4.78 is 13.1. The summed E-state index contributed by atoms with van der Waals surface area (Å²) in [5, 5.41) is 8.98. The van der Waals surface area contributed by atoms with Crippen molar-refractivity contribution in [2.24, 2.45) is 10.8 Å². The minimum Gasteiger partial charge on any atom is -0.368 e. The van der Waals surface area contributed by atoms with E-state index in [9.17, 15) is 14.0 Å². The minimum absolute atomic E-state index is 0.157. The molecule has 7 nitrogen and oxygen atoms in total. The predicted octanol–water partition coefficient (Wildman–Crippen LogP) is 0.0660. The molecule has 1 unspecified atom stereocenters. The topological polar surface area (TPSA) is 91.0 Å². The SMILES string of the molecule is C[C@@H]1CN(C(=O)C2=NN(c3ccc(F)cc3)C(C(N)=O)C2)CCN1. The lowest BCUT2D eigenvalue weighted by atomic mass is 10.1. The van der Waals surface area contributed by atoms with Crippen LogP contribution in [0.15, 0.2) is 29.4 Å². The minimum atomic E-state index is -0.741. The third-order valence-corrected chi connectivity index (χ3v) is 4.23. The number of carbonyl (C=O) groups excluding carboxylic acids is 2. The smallest absolute Gasteiger partial charge is 0.270 e. The molecule has 3 N–H and O–H groups in total. The highest BCUT2D eigenvalue weighted by Gasteiger charge is 2.37. The van der Waals surface area contributed by atoms with Gasteiger partial charge < -0.3 is 16.0 Å². The number of nitrogens with one attached hydrogen (secondary N) is 1. The van der Waals surface area contributed by atoms with Crippen molar-refractivity contribution in [2.75, 3.05) is 24.6 Å². The first kappa shape index (κ1) is 16.4. The molecule has 0 aliphatic carbocycles. The Bertz CT molecular complexity index is 676. The van der Waals surface area contributed by atoms with Crippen molar-refractivity contribution in [3.63, 3.8) is 0 Å². The van der Waals surface area contributed by atoms with Crippen LogP contribution in [0.25, 0.3) is 0 Å². The number of carbonyl (C=O) groups is 2. The highest BCUT2D eigenvalue weighted by molar-refractivity contribution is 6.40. The number of halogens is 1. The number of piperazine rings is 1. The Labute approximate surface area is 139 Å². The molecule has 128 valence electrons. The molecule has 1 aromatic rings. The molecule has 2 aliphatic rings. The molecule has 2 aliphatic heterocycles. The number of rotatable bonds is 3. The summed E-state index contributed by atoms with van der Waals surface area (Å²) >= 11 is 0. The second-order valence-corrected chi connectivity index (χ2v) is 6.10. The van der Waals surface area contributed by atoms with E-state index in [0.717, 1.165) is 6.54 Å². The molecule has 2 atom stereocenters. The molecule has 0 aromatic heterocycles. The van der Waals surface area contributed by atoms with Crippen molar-refractivity contribution in [2.45, 2.75) is 25.4 Å². The van der Waals surface area contributed by atoms with E-state index in [4.69, 9.17) is 5.73 Å². The van der Waals surface area contributed by atoms with E-state index in [1.165, 1.54) is 29.3 Å². The van der Waals surface area contributed by atoms with E-state index in [1.807, 2.05) is 6.92 Å². The fourth-order valence-corrected chi connectivity index (χ4v) is 2.99. The van der Waals surface area contributed by atoms with Crippen LogP contribution in [0.1, 0.15) is 13.3 Å². The molecule has 0 saturated carbocycles. The molecule has 3 rings (SSSR count). The van der Waals surface area contributed by atoms with Gasteiger partial charge in [0.2, 0.25) is 5.91 Å². The van der Waals surface area contributed by atoms with Gasteiger partial charge in [-0.1, -0.05) is 0 Å². The number of hydrogen-bond acceptors (Lipinski definition) is 5. The van der Waals surface area contributed by atoms with Gasteiger partial charge in [-0.15, -0.1) is 0 Å². The first-order valence-electron chi connectivity index (χ1n) is 7.90. The number of nitrogens with zero attached hydrogens (tertiary/aromatic N) is 3. The molecule has 0 spiro atoms. The van der Waals surface area contributed by atoms with E-state index in [-0.39, 0.29) is 24.2 Å². The Morgan fingerprint density at radius 3 is 2.67 bits per heavy atom. The van der Waals surface area contributed by atoms with Crippen molar-refractivity contribution < 1.29 is 14.0 Å². The summed E-state index contributed by atoms with van der Waals surface area (Å²) in [5.41, 5.74) is 6.28. The zero-order valence-electron chi connectivity index (χ0n) is 13.4. The van der Waals surface area contributed by atoms with E-state index in [1.54, 1.807) is 4.90 Å². The summed E-state index contributed by atoms with van der Waals surface area (Å²) in [5.74, 6) is -1.14. The van der Waals surface area contributed by atoms with Gasteiger partial charge in [0.15, 0.2) is 0 Å². The molecule has 0 bridgehead atoms. The van der Waals surface area contributed by atoms with Crippen molar-refractivity contribution in [1.82, 2.24) is 10.2 Å². The van der Waals surface area contributed by atoms with Crippen LogP contribution >= 0.6 is 0 Å². The van der Waals surface area contributed by atoms with Gasteiger partial charge in [-0.05, 0) is 31.2 Å². The molecular weight excluding hydrogens is 313 g/mol. The lowest BCUT2D eigenvalue weighted by Crippen LogP contribution is -2.53. The molecule has 0 radical (unpaired) electrons. The van der Waals surface area contributed by atoms with Crippen molar-refractivity contribution in [3.8, 4) is 0 Å². The summed E-state index contributed by atoms with van der Waals surface area (Å²) in [6, 6.07) is 5.05. The maximum absolute atomic E-state index is 13.1. The Balaban J connectivity index is 1.83. The first-order chi connectivity index (χ1) is 11.5. The molecule has 2 amide bonds. The van der Waals surface area contributed by atoms with Crippen molar-refractivity contribution in [3.05, 3.63) is 30.1 Å². The fourth-order valence-electron chi connectivity index (χ4n) is 2.99. The highest BCUT2D eigenvalue weighted by atomic mass is 19.1. The molecule has 1 saturated heterocycles. The van der Waals surface area contributed by atoms with Crippen LogP contribution in [0.2, 0.25) is 0 Å². The maximum atomic E-state index is 13.1.